The molecule has 2 aliphatic carbocycles. The van der Waals surface area contributed by atoms with E-state index in [0.29, 0.717) is 6.10 Å². The summed E-state index contributed by atoms with van der Waals surface area (Å²) >= 11 is 0. The molecule has 29 heavy (non-hydrogen) atoms. The number of hydrogen-bond acceptors (Lipinski definition) is 1. The van der Waals surface area contributed by atoms with Crippen LogP contribution in [0.3, 0.4) is 0 Å². The van der Waals surface area contributed by atoms with Crippen LogP contribution in [-0.4, -0.2) is 12.7 Å². The molecule has 0 N–H and O–H groups in total. The Labute approximate surface area is 184 Å². The lowest BCUT2D eigenvalue weighted by Gasteiger charge is -2.38. The van der Waals surface area contributed by atoms with E-state index in [1.165, 1.54) is 135 Å². The zero-order valence-electron chi connectivity index (χ0n) is 20.3. The molecule has 0 aliphatic heterocycles. The van der Waals surface area contributed by atoms with Crippen molar-refractivity contribution in [3.63, 3.8) is 0 Å². The molecule has 172 valence electrons. The van der Waals surface area contributed by atoms with E-state index in [0.717, 1.165) is 24.4 Å². The van der Waals surface area contributed by atoms with Crippen molar-refractivity contribution in [3.8, 4) is 0 Å². The monoisotopic (exact) mass is 406 g/mol. The summed E-state index contributed by atoms with van der Waals surface area (Å²) in [5.74, 6) is 3.14. The van der Waals surface area contributed by atoms with Crippen molar-refractivity contribution in [3.05, 3.63) is 0 Å². The van der Waals surface area contributed by atoms with Gasteiger partial charge >= 0.3 is 0 Å². The smallest absolute Gasteiger partial charge is 0.0575 e. The van der Waals surface area contributed by atoms with Gasteiger partial charge in [-0.25, -0.2) is 0 Å². The van der Waals surface area contributed by atoms with Crippen LogP contribution >= 0.6 is 0 Å². The summed E-state index contributed by atoms with van der Waals surface area (Å²) in [5, 5.41) is 0. The third-order valence-electron chi connectivity index (χ3n) is 8.09. The second-order valence-corrected chi connectivity index (χ2v) is 10.5. The average Bonchev–Trinajstić information content (AvgIpc) is 2.76. The molecule has 0 saturated heterocycles. The second-order valence-electron chi connectivity index (χ2n) is 10.5. The van der Waals surface area contributed by atoms with Crippen LogP contribution in [0.25, 0.3) is 0 Å². The van der Waals surface area contributed by atoms with Crippen LogP contribution in [0.15, 0.2) is 0 Å². The normalized spacial score (nSPS) is 27.9. The molecule has 1 heteroatoms. The Kier molecular flexibility index (Phi) is 14.5. The summed E-state index contributed by atoms with van der Waals surface area (Å²) in [6.07, 6.45) is 30.9. The average molecular weight is 407 g/mol. The Hall–Kier alpha value is -0.0400. The summed E-state index contributed by atoms with van der Waals surface area (Å²) in [7, 11) is 0. The lowest BCUT2D eigenvalue weighted by molar-refractivity contribution is 0.00529. The van der Waals surface area contributed by atoms with Gasteiger partial charge in [-0.15, -0.1) is 0 Å². The van der Waals surface area contributed by atoms with E-state index >= 15 is 0 Å². The van der Waals surface area contributed by atoms with E-state index in [9.17, 15) is 0 Å². The Morgan fingerprint density at radius 1 is 0.517 bits per heavy atom. The van der Waals surface area contributed by atoms with E-state index in [1.54, 1.807) is 0 Å². The van der Waals surface area contributed by atoms with Gasteiger partial charge in [0.2, 0.25) is 0 Å². The molecule has 0 aromatic rings. The Morgan fingerprint density at radius 3 is 1.59 bits per heavy atom. The molecule has 0 heterocycles. The fraction of sp³-hybridized carbons (Fsp3) is 1.00. The maximum absolute atomic E-state index is 6.17. The molecule has 0 atom stereocenters. The van der Waals surface area contributed by atoms with Crippen molar-refractivity contribution in [1.82, 2.24) is 0 Å². The second kappa shape index (κ2) is 16.6. The molecule has 2 aliphatic rings. The maximum atomic E-state index is 6.17. The molecule has 1 nitrogen and oxygen atoms in total. The predicted molar refractivity (Wildman–Crippen MR) is 129 cm³/mol. The van der Waals surface area contributed by atoms with E-state index in [2.05, 4.69) is 13.8 Å². The Morgan fingerprint density at radius 2 is 1.00 bits per heavy atom. The van der Waals surface area contributed by atoms with Crippen molar-refractivity contribution in [2.24, 2.45) is 17.8 Å². The Bertz CT molecular complexity index is 349. The quantitative estimate of drug-likeness (QED) is 0.232. The fourth-order valence-corrected chi connectivity index (χ4v) is 6.02. The first-order valence-electron chi connectivity index (χ1n) is 13.9. The van der Waals surface area contributed by atoms with E-state index < -0.39 is 0 Å². The van der Waals surface area contributed by atoms with Gasteiger partial charge in [0.1, 0.15) is 0 Å². The van der Waals surface area contributed by atoms with Crippen LogP contribution < -0.4 is 0 Å². The van der Waals surface area contributed by atoms with Crippen LogP contribution in [0.1, 0.15) is 149 Å². The fourth-order valence-electron chi connectivity index (χ4n) is 6.02. The van der Waals surface area contributed by atoms with Crippen LogP contribution in [-0.2, 0) is 4.74 Å². The van der Waals surface area contributed by atoms with Gasteiger partial charge in [0.15, 0.2) is 0 Å². The molecular weight excluding hydrogens is 352 g/mol. The summed E-state index contributed by atoms with van der Waals surface area (Å²) < 4.78 is 6.17. The maximum Gasteiger partial charge on any atom is 0.0575 e. The van der Waals surface area contributed by atoms with Crippen molar-refractivity contribution in [2.75, 3.05) is 6.61 Å². The topological polar surface area (TPSA) is 9.23 Å². The molecule has 0 amide bonds. The largest absolute Gasteiger partial charge is 0.378 e. The minimum atomic E-state index is 0.589. The molecule has 0 radical (unpaired) electrons. The first-order chi connectivity index (χ1) is 14.3. The third kappa shape index (κ3) is 11.2. The van der Waals surface area contributed by atoms with Crippen molar-refractivity contribution < 1.29 is 4.74 Å². The van der Waals surface area contributed by atoms with E-state index in [4.69, 9.17) is 4.74 Å². The standard InChI is InChI=1S/C28H54O/c1-3-5-7-9-10-11-12-13-15-25-16-18-26(19-17-25)27-20-22-28(23-21-27)29-24-14-8-6-4-2/h25-28H,3-24H2,1-2H3/t25-,26-,27-,28-. The van der Waals surface area contributed by atoms with Crippen LogP contribution in [0.5, 0.6) is 0 Å². The number of ether oxygens (including phenoxy) is 1. The van der Waals surface area contributed by atoms with Gasteiger partial charge in [-0.05, 0) is 62.7 Å². The third-order valence-corrected chi connectivity index (χ3v) is 8.09. The molecule has 2 saturated carbocycles. The number of hydrogen-bond donors (Lipinski definition) is 0. The first kappa shape index (κ1) is 25.2. The molecule has 2 fully saturated rings. The van der Waals surface area contributed by atoms with Gasteiger partial charge in [0, 0.05) is 6.61 Å². The highest BCUT2D eigenvalue weighted by molar-refractivity contribution is 4.82. The molecule has 0 bridgehead atoms. The lowest BCUT2D eigenvalue weighted by Crippen LogP contribution is -2.28. The summed E-state index contributed by atoms with van der Waals surface area (Å²) in [5.41, 5.74) is 0. The lowest BCUT2D eigenvalue weighted by atomic mass is 9.70. The van der Waals surface area contributed by atoms with Gasteiger partial charge in [-0.3, -0.25) is 0 Å². The minimum absolute atomic E-state index is 0.589. The summed E-state index contributed by atoms with van der Waals surface area (Å²) in [6.45, 7) is 5.61. The molecular formula is C28H54O. The van der Waals surface area contributed by atoms with E-state index in [-0.39, 0.29) is 0 Å². The van der Waals surface area contributed by atoms with Crippen molar-refractivity contribution >= 4 is 0 Å². The molecule has 0 aromatic heterocycles. The number of rotatable bonds is 16. The molecule has 0 spiro atoms. The highest BCUT2D eigenvalue weighted by atomic mass is 16.5. The number of unbranched alkanes of at least 4 members (excludes halogenated alkanes) is 10. The van der Waals surface area contributed by atoms with Crippen LogP contribution in [0.4, 0.5) is 0 Å². The van der Waals surface area contributed by atoms with Crippen molar-refractivity contribution in [1.29, 1.82) is 0 Å². The highest BCUT2D eigenvalue weighted by Gasteiger charge is 2.30. The highest BCUT2D eigenvalue weighted by Crippen LogP contribution is 2.41. The van der Waals surface area contributed by atoms with Gasteiger partial charge in [0.05, 0.1) is 6.10 Å². The van der Waals surface area contributed by atoms with Gasteiger partial charge in [-0.2, -0.15) is 0 Å². The summed E-state index contributed by atoms with van der Waals surface area (Å²) in [4.78, 5) is 0. The van der Waals surface area contributed by atoms with E-state index in [1.807, 2.05) is 0 Å². The molecule has 0 unspecified atom stereocenters. The Balaban J connectivity index is 1.44. The molecule has 2 rings (SSSR count). The van der Waals surface area contributed by atoms with Gasteiger partial charge < -0.3 is 4.74 Å². The van der Waals surface area contributed by atoms with Crippen LogP contribution in [0.2, 0.25) is 0 Å². The van der Waals surface area contributed by atoms with Crippen molar-refractivity contribution in [2.45, 2.75) is 155 Å². The molecule has 0 aromatic carbocycles. The van der Waals surface area contributed by atoms with Crippen LogP contribution in [0, 0.1) is 17.8 Å². The van der Waals surface area contributed by atoms with Gasteiger partial charge in [0.25, 0.3) is 0 Å². The summed E-state index contributed by atoms with van der Waals surface area (Å²) in [6, 6.07) is 0. The zero-order valence-corrected chi connectivity index (χ0v) is 20.3. The zero-order chi connectivity index (χ0) is 20.6. The van der Waals surface area contributed by atoms with Gasteiger partial charge in [-0.1, -0.05) is 104 Å². The minimum Gasteiger partial charge on any atom is -0.378 e. The first-order valence-corrected chi connectivity index (χ1v) is 13.9. The predicted octanol–water partition coefficient (Wildman–Crippen LogP) is 9.48. The SMILES string of the molecule is CCCCCCCCCC[C@H]1CC[C@H]([C@H]2CC[C@H](OCCCCCC)CC2)CC1.